The lowest BCUT2D eigenvalue weighted by Gasteiger charge is -2.29. The zero-order valence-corrected chi connectivity index (χ0v) is 15.3. The molecule has 1 fully saturated rings. The Bertz CT molecular complexity index is 499. The van der Waals surface area contributed by atoms with Gasteiger partial charge in [0.25, 0.3) is 0 Å². The van der Waals surface area contributed by atoms with Crippen LogP contribution in [0.2, 0.25) is 0 Å². The van der Waals surface area contributed by atoms with Gasteiger partial charge in [-0.3, -0.25) is 9.88 Å². The van der Waals surface area contributed by atoms with Crippen molar-refractivity contribution in [2.45, 2.75) is 25.4 Å². The van der Waals surface area contributed by atoms with Crippen LogP contribution in [-0.4, -0.2) is 66.1 Å². The summed E-state index contributed by atoms with van der Waals surface area (Å²) in [7, 11) is 4.04. The Hall–Kier alpha value is -1.27. The summed E-state index contributed by atoms with van der Waals surface area (Å²) in [6.07, 6.45) is 6.91. The SMILES string of the molecule is CSC[C@H](C)NC(=O)N(C)C[C@@H]1CCN(C)[C@H]1c1cccnc1. The summed E-state index contributed by atoms with van der Waals surface area (Å²) in [6, 6.07) is 4.67. The second-order valence-corrected chi connectivity index (χ2v) is 7.36. The highest BCUT2D eigenvalue weighted by atomic mass is 32.2. The number of aromatic nitrogens is 1. The highest BCUT2D eigenvalue weighted by molar-refractivity contribution is 7.98. The first kappa shape index (κ1) is 18.1. The standard InChI is InChI=1S/C17H28N4OS/c1-13(12-23-4)19-17(22)21(3)11-15-7-9-20(2)16(15)14-6-5-8-18-10-14/h5-6,8,10,13,15-16H,7,9,11-12H2,1-4H3,(H,19,22)/t13-,15-,16-/m0/s1. The average Bonchev–Trinajstić information content (AvgIpc) is 2.88. The molecule has 0 spiro atoms. The summed E-state index contributed by atoms with van der Waals surface area (Å²) in [5.74, 6) is 1.38. The molecule has 1 aromatic rings. The van der Waals surface area contributed by atoms with Crippen LogP contribution in [0, 0.1) is 5.92 Å². The number of nitrogens with one attached hydrogen (secondary N) is 1. The number of carbonyl (C=O) groups excluding carboxylic acids is 1. The van der Waals surface area contributed by atoms with Gasteiger partial charge in [0, 0.05) is 43.8 Å². The second kappa shape index (κ2) is 8.55. The van der Waals surface area contributed by atoms with E-state index in [2.05, 4.69) is 34.6 Å². The first-order valence-electron chi connectivity index (χ1n) is 8.13. The quantitative estimate of drug-likeness (QED) is 0.867. The molecule has 1 saturated heterocycles. The largest absolute Gasteiger partial charge is 0.335 e. The highest BCUT2D eigenvalue weighted by Crippen LogP contribution is 2.36. The molecule has 128 valence electrons. The molecule has 0 bridgehead atoms. The molecular weight excluding hydrogens is 308 g/mol. The number of hydrogen-bond donors (Lipinski definition) is 1. The molecule has 0 saturated carbocycles. The van der Waals surface area contributed by atoms with Crippen molar-refractivity contribution in [2.24, 2.45) is 5.92 Å². The van der Waals surface area contributed by atoms with Gasteiger partial charge in [-0.15, -0.1) is 0 Å². The molecule has 2 amide bonds. The zero-order chi connectivity index (χ0) is 16.8. The maximum absolute atomic E-state index is 12.3. The zero-order valence-electron chi connectivity index (χ0n) is 14.5. The fraction of sp³-hybridized carbons (Fsp3) is 0.647. The van der Waals surface area contributed by atoms with Gasteiger partial charge in [-0.1, -0.05) is 6.07 Å². The molecule has 3 atom stereocenters. The summed E-state index contributed by atoms with van der Waals surface area (Å²) in [6.45, 7) is 3.87. The molecule has 1 aliphatic rings. The van der Waals surface area contributed by atoms with Crippen molar-refractivity contribution >= 4 is 17.8 Å². The van der Waals surface area contributed by atoms with Crippen LogP contribution in [0.1, 0.15) is 24.9 Å². The van der Waals surface area contributed by atoms with Crippen molar-refractivity contribution in [2.75, 3.05) is 39.2 Å². The first-order valence-corrected chi connectivity index (χ1v) is 9.53. The molecule has 1 aromatic heterocycles. The van der Waals surface area contributed by atoms with Crippen molar-refractivity contribution < 1.29 is 4.79 Å². The third-order valence-electron chi connectivity index (χ3n) is 4.44. The maximum atomic E-state index is 12.3. The van der Waals surface area contributed by atoms with Crippen LogP contribution < -0.4 is 5.32 Å². The molecule has 23 heavy (non-hydrogen) atoms. The van der Waals surface area contributed by atoms with Crippen molar-refractivity contribution in [1.29, 1.82) is 0 Å². The predicted octanol–water partition coefficient (Wildman–Crippen LogP) is 2.47. The van der Waals surface area contributed by atoms with Crippen LogP contribution in [0.25, 0.3) is 0 Å². The Morgan fingerprint density at radius 2 is 2.39 bits per heavy atom. The van der Waals surface area contributed by atoms with E-state index in [-0.39, 0.29) is 12.1 Å². The van der Waals surface area contributed by atoms with E-state index in [9.17, 15) is 4.79 Å². The molecule has 1 aliphatic heterocycles. The third-order valence-corrected chi connectivity index (χ3v) is 5.27. The van der Waals surface area contributed by atoms with E-state index in [4.69, 9.17) is 0 Å². The van der Waals surface area contributed by atoms with Gasteiger partial charge >= 0.3 is 6.03 Å². The van der Waals surface area contributed by atoms with E-state index >= 15 is 0 Å². The van der Waals surface area contributed by atoms with Gasteiger partial charge in [-0.25, -0.2) is 4.79 Å². The topological polar surface area (TPSA) is 48.5 Å². The third kappa shape index (κ3) is 4.85. The minimum Gasteiger partial charge on any atom is -0.335 e. The van der Waals surface area contributed by atoms with Crippen LogP contribution in [0.4, 0.5) is 4.79 Å². The number of urea groups is 1. The van der Waals surface area contributed by atoms with E-state index in [1.807, 2.05) is 31.1 Å². The summed E-state index contributed by atoms with van der Waals surface area (Å²) in [5, 5.41) is 3.06. The molecule has 0 unspecified atom stereocenters. The highest BCUT2D eigenvalue weighted by Gasteiger charge is 2.34. The number of thioether (sulfide) groups is 1. The molecule has 0 aromatic carbocycles. The molecule has 2 heterocycles. The Labute approximate surface area is 143 Å². The molecule has 0 radical (unpaired) electrons. The number of nitrogens with zero attached hydrogens (tertiary/aromatic N) is 3. The monoisotopic (exact) mass is 336 g/mol. The lowest BCUT2D eigenvalue weighted by atomic mass is 9.94. The summed E-state index contributed by atoms with van der Waals surface area (Å²) in [5.41, 5.74) is 1.24. The van der Waals surface area contributed by atoms with E-state index in [0.29, 0.717) is 12.0 Å². The molecule has 2 rings (SSSR count). The number of pyridine rings is 1. The lowest BCUT2D eigenvalue weighted by molar-refractivity contribution is 0.187. The van der Waals surface area contributed by atoms with Crippen LogP contribution >= 0.6 is 11.8 Å². The Morgan fingerprint density at radius 3 is 3.04 bits per heavy atom. The van der Waals surface area contributed by atoms with Gasteiger partial charge in [-0.2, -0.15) is 11.8 Å². The number of amides is 2. The molecule has 0 aliphatic carbocycles. The summed E-state index contributed by atoms with van der Waals surface area (Å²) >= 11 is 1.75. The van der Waals surface area contributed by atoms with E-state index in [0.717, 1.165) is 25.3 Å². The Balaban J connectivity index is 1.96. The van der Waals surface area contributed by atoms with Crippen LogP contribution in [0.5, 0.6) is 0 Å². The van der Waals surface area contributed by atoms with Gasteiger partial charge in [-0.05, 0) is 50.7 Å². The number of likely N-dealkylation sites (tertiary alicyclic amines) is 1. The Kier molecular flexibility index (Phi) is 6.72. The van der Waals surface area contributed by atoms with Crippen LogP contribution in [0.15, 0.2) is 24.5 Å². The lowest BCUT2D eigenvalue weighted by Crippen LogP contribution is -2.45. The second-order valence-electron chi connectivity index (χ2n) is 6.45. The van der Waals surface area contributed by atoms with Crippen molar-refractivity contribution in [3.8, 4) is 0 Å². The molecule has 5 nitrogen and oxygen atoms in total. The van der Waals surface area contributed by atoms with Gasteiger partial charge in [0.1, 0.15) is 0 Å². The number of carbonyl (C=O) groups is 1. The van der Waals surface area contributed by atoms with E-state index in [1.165, 1.54) is 5.56 Å². The predicted molar refractivity (Wildman–Crippen MR) is 96.7 cm³/mol. The van der Waals surface area contributed by atoms with Crippen molar-refractivity contribution in [3.05, 3.63) is 30.1 Å². The van der Waals surface area contributed by atoms with Gasteiger partial charge in [0.05, 0.1) is 0 Å². The van der Waals surface area contributed by atoms with Crippen molar-refractivity contribution in [1.82, 2.24) is 20.1 Å². The smallest absolute Gasteiger partial charge is 0.317 e. The van der Waals surface area contributed by atoms with Crippen LogP contribution in [-0.2, 0) is 0 Å². The normalized spacial score (nSPS) is 22.8. The fourth-order valence-electron chi connectivity index (χ4n) is 3.34. The summed E-state index contributed by atoms with van der Waals surface area (Å²) in [4.78, 5) is 20.8. The van der Waals surface area contributed by atoms with Crippen molar-refractivity contribution in [3.63, 3.8) is 0 Å². The summed E-state index contributed by atoms with van der Waals surface area (Å²) < 4.78 is 0. The van der Waals surface area contributed by atoms with E-state index in [1.54, 1.807) is 18.0 Å². The minimum absolute atomic E-state index is 0.0195. The van der Waals surface area contributed by atoms with E-state index < -0.39 is 0 Å². The van der Waals surface area contributed by atoms with Crippen LogP contribution in [0.3, 0.4) is 0 Å². The minimum atomic E-state index is 0.0195. The number of rotatable bonds is 6. The molecule has 1 N–H and O–H groups in total. The average molecular weight is 337 g/mol. The fourth-order valence-corrected chi connectivity index (χ4v) is 3.93. The maximum Gasteiger partial charge on any atom is 0.317 e. The first-order chi connectivity index (χ1) is 11.0. The van der Waals surface area contributed by atoms with Gasteiger partial charge in [0.2, 0.25) is 0 Å². The molecule has 6 heteroatoms. The van der Waals surface area contributed by atoms with Gasteiger partial charge < -0.3 is 10.2 Å². The number of hydrogen-bond acceptors (Lipinski definition) is 4. The van der Waals surface area contributed by atoms with Gasteiger partial charge in [0.15, 0.2) is 0 Å². The Morgan fingerprint density at radius 1 is 1.61 bits per heavy atom. The molecular formula is C17H28N4OS.